The highest BCUT2D eigenvalue weighted by Gasteiger charge is 2.36. The van der Waals surface area contributed by atoms with E-state index in [2.05, 4.69) is 32.1 Å². The van der Waals surface area contributed by atoms with Crippen LogP contribution in [0, 0.1) is 11.8 Å². The monoisotopic (exact) mass is 386 g/mol. The molecule has 4 rings (SSSR count). The lowest BCUT2D eigenvalue weighted by atomic mass is 9.98. The molecule has 1 aromatic heterocycles. The van der Waals surface area contributed by atoms with Crippen LogP contribution in [-0.4, -0.2) is 84.4 Å². The van der Waals surface area contributed by atoms with Gasteiger partial charge in [0.05, 0.1) is 11.5 Å². The predicted octanol–water partition coefficient (Wildman–Crippen LogP) is 0.607. The molecule has 3 aliphatic heterocycles. The molecule has 0 aliphatic carbocycles. The normalized spacial score (nSPS) is 23.5. The van der Waals surface area contributed by atoms with Gasteiger partial charge in [0.1, 0.15) is 0 Å². The van der Waals surface area contributed by atoms with Crippen molar-refractivity contribution in [3.63, 3.8) is 0 Å². The van der Waals surface area contributed by atoms with Crippen LogP contribution in [0.25, 0.3) is 0 Å². The van der Waals surface area contributed by atoms with Crippen LogP contribution in [0.4, 0.5) is 5.95 Å². The second-order valence-corrected chi connectivity index (χ2v) is 8.39. The number of carbonyl (C=O) groups is 2. The van der Waals surface area contributed by atoms with E-state index in [0.29, 0.717) is 30.5 Å². The fraction of sp³-hybridized carbons (Fsp3) is 0.700. The number of rotatable bonds is 5. The molecule has 1 aromatic rings. The summed E-state index contributed by atoms with van der Waals surface area (Å²) in [5, 5.41) is 3.06. The second-order valence-electron chi connectivity index (χ2n) is 8.39. The van der Waals surface area contributed by atoms with E-state index in [1.54, 1.807) is 17.3 Å². The summed E-state index contributed by atoms with van der Waals surface area (Å²) in [7, 11) is 2.11. The first-order valence-corrected chi connectivity index (χ1v) is 10.4. The number of nitrogens with one attached hydrogen (secondary N) is 1. The Hall–Kier alpha value is -2.22. The van der Waals surface area contributed by atoms with Gasteiger partial charge in [0.2, 0.25) is 11.9 Å². The maximum Gasteiger partial charge on any atom is 0.257 e. The van der Waals surface area contributed by atoms with E-state index in [-0.39, 0.29) is 17.7 Å². The average Bonchev–Trinajstić information content (AvgIpc) is 3.11. The fourth-order valence-electron chi connectivity index (χ4n) is 4.26. The Labute approximate surface area is 166 Å². The van der Waals surface area contributed by atoms with Gasteiger partial charge in [-0.15, -0.1) is 0 Å². The van der Waals surface area contributed by atoms with E-state index in [0.717, 1.165) is 39.1 Å². The number of carbonyl (C=O) groups excluding carboxylic acids is 2. The van der Waals surface area contributed by atoms with Crippen LogP contribution < -0.4 is 10.2 Å². The molecule has 0 radical (unpaired) electrons. The lowest BCUT2D eigenvalue weighted by molar-refractivity contribution is -0.129. The van der Waals surface area contributed by atoms with Gasteiger partial charge in [-0.3, -0.25) is 9.59 Å². The largest absolute Gasteiger partial charge is 0.355 e. The van der Waals surface area contributed by atoms with Crippen LogP contribution in [0.3, 0.4) is 0 Å². The molecule has 8 nitrogen and oxygen atoms in total. The number of anilines is 1. The number of piperidine rings is 1. The topological polar surface area (TPSA) is 81.7 Å². The summed E-state index contributed by atoms with van der Waals surface area (Å²) in [5.74, 6) is 1.12. The Morgan fingerprint density at radius 3 is 2.43 bits per heavy atom. The van der Waals surface area contributed by atoms with Crippen LogP contribution >= 0.6 is 0 Å². The minimum Gasteiger partial charge on any atom is -0.355 e. The van der Waals surface area contributed by atoms with E-state index >= 15 is 0 Å². The lowest BCUT2D eigenvalue weighted by Crippen LogP contribution is -2.56. The average molecular weight is 387 g/mol. The van der Waals surface area contributed by atoms with Gasteiger partial charge in [-0.05, 0) is 45.2 Å². The number of likely N-dealkylation sites (tertiary alicyclic amines) is 2. The van der Waals surface area contributed by atoms with E-state index in [1.165, 1.54) is 19.3 Å². The van der Waals surface area contributed by atoms with Crippen molar-refractivity contribution < 1.29 is 9.59 Å². The van der Waals surface area contributed by atoms with Gasteiger partial charge in [-0.1, -0.05) is 0 Å². The maximum atomic E-state index is 12.6. The van der Waals surface area contributed by atoms with Crippen molar-refractivity contribution >= 4 is 17.8 Å². The van der Waals surface area contributed by atoms with Crippen LogP contribution in [-0.2, 0) is 4.79 Å². The summed E-state index contributed by atoms with van der Waals surface area (Å²) in [6, 6.07) is 0. The Kier molecular flexibility index (Phi) is 5.75. The van der Waals surface area contributed by atoms with Gasteiger partial charge in [-0.2, -0.15) is 0 Å². The summed E-state index contributed by atoms with van der Waals surface area (Å²) in [6.07, 6.45) is 7.96. The Bertz CT molecular complexity index is 697. The summed E-state index contributed by atoms with van der Waals surface area (Å²) < 4.78 is 0. The van der Waals surface area contributed by atoms with Gasteiger partial charge in [0.15, 0.2) is 0 Å². The van der Waals surface area contributed by atoms with Crippen molar-refractivity contribution in [3.05, 3.63) is 18.0 Å². The molecule has 28 heavy (non-hydrogen) atoms. The summed E-state index contributed by atoms with van der Waals surface area (Å²) in [6.45, 7) is 5.79. The van der Waals surface area contributed by atoms with Crippen LogP contribution in [0.5, 0.6) is 0 Å². The highest BCUT2D eigenvalue weighted by molar-refractivity contribution is 5.95. The molecule has 0 aromatic carbocycles. The molecule has 8 heteroatoms. The number of aromatic nitrogens is 2. The molecule has 3 saturated heterocycles. The highest BCUT2D eigenvalue weighted by atomic mass is 16.2. The van der Waals surface area contributed by atoms with E-state index in [4.69, 9.17) is 0 Å². The highest BCUT2D eigenvalue weighted by Crippen LogP contribution is 2.20. The molecule has 3 fully saturated rings. The maximum absolute atomic E-state index is 12.6. The standard InChI is InChI=1S/C20H30N6O2/c1-24-8-5-15(12-24)9-21-18(27)17-13-26(14-17)19(28)16-10-22-20(23-11-16)25-6-3-2-4-7-25/h10-11,15,17H,2-9,12-14H2,1H3,(H,21,27). The van der Waals surface area contributed by atoms with Crippen LogP contribution in [0.1, 0.15) is 36.0 Å². The SMILES string of the molecule is CN1CCC(CNC(=O)C2CN(C(=O)c3cnc(N4CCCCC4)nc3)C2)C1. The molecule has 1 N–H and O–H groups in total. The first-order valence-electron chi connectivity index (χ1n) is 10.4. The Morgan fingerprint density at radius 1 is 1.07 bits per heavy atom. The van der Waals surface area contributed by atoms with Crippen molar-refractivity contribution in [2.24, 2.45) is 11.8 Å². The molecule has 152 valence electrons. The molecule has 2 amide bonds. The Balaban J connectivity index is 1.22. The predicted molar refractivity (Wildman–Crippen MR) is 106 cm³/mol. The van der Waals surface area contributed by atoms with Crippen molar-refractivity contribution in [2.75, 3.05) is 57.8 Å². The van der Waals surface area contributed by atoms with Gasteiger partial charge in [0, 0.05) is 51.7 Å². The van der Waals surface area contributed by atoms with Crippen molar-refractivity contribution in [1.82, 2.24) is 25.1 Å². The third-order valence-corrected chi connectivity index (χ3v) is 6.12. The van der Waals surface area contributed by atoms with Crippen molar-refractivity contribution in [2.45, 2.75) is 25.7 Å². The number of hydrogen-bond acceptors (Lipinski definition) is 6. The zero-order valence-electron chi connectivity index (χ0n) is 16.6. The van der Waals surface area contributed by atoms with Gasteiger partial charge < -0.3 is 20.0 Å². The summed E-state index contributed by atoms with van der Waals surface area (Å²) in [5.41, 5.74) is 0.494. The van der Waals surface area contributed by atoms with Crippen molar-refractivity contribution in [1.29, 1.82) is 0 Å². The molecular weight excluding hydrogens is 356 g/mol. The third kappa shape index (κ3) is 4.27. The summed E-state index contributed by atoms with van der Waals surface area (Å²) in [4.78, 5) is 39.8. The summed E-state index contributed by atoms with van der Waals surface area (Å²) >= 11 is 0. The first-order chi connectivity index (χ1) is 13.6. The quantitative estimate of drug-likeness (QED) is 0.798. The number of hydrogen-bond donors (Lipinski definition) is 1. The van der Waals surface area contributed by atoms with Crippen LogP contribution in [0.15, 0.2) is 12.4 Å². The van der Waals surface area contributed by atoms with E-state index in [1.807, 2.05) is 0 Å². The molecule has 0 bridgehead atoms. The molecule has 3 aliphatic rings. The fourth-order valence-corrected chi connectivity index (χ4v) is 4.26. The zero-order valence-corrected chi connectivity index (χ0v) is 16.6. The molecule has 0 spiro atoms. The van der Waals surface area contributed by atoms with Gasteiger partial charge in [0.25, 0.3) is 5.91 Å². The molecule has 1 atom stereocenters. The molecule has 1 unspecified atom stereocenters. The molecular formula is C20H30N6O2. The number of nitrogens with zero attached hydrogens (tertiary/aromatic N) is 5. The van der Waals surface area contributed by atoms with E-state index < -0.39 is 0 Å². The minimum absolute atomic E-state index is 0.0651. The van der Waals surface area contributed by atoms with Crippen LogP contribution in [0.2, 0.25) is 0 Å². The zero-order chi connectivity index (χ0) is 19.5. The van der Waals surface area contributed by atoms with Gasteiger partial charge >= 0.3 is 0 Å². The Morgan fingerprint density at radius 2 is 1.79 bits per heavy atom. The molecule has 0 saturated carbocycles. The van der Waals surface area contributed by atoms with Crippen molar-refractivity contribution in [3.8, 4) is 0 Å². The molecule has 4 heterocycles. The first kappa shape index (κ1) is 19.1. The van der Waals surface area contributed by atoms with Gasteiger partial charge in [-0.25, -0.2) is 9.97 Å². The number of amides is 2. The smallest absolute Gasteiger partial charge is 0.257 e. The lowest BCUT2D eigenvalue weighted by Gasteiger charge is -2.38. The minimum atomic E-state index is -0.100. The second kappa shape index (κ2) is 8.43. The van der Waals surface area contributed by atoms with E-state index in [9.17, 15) is 9.59 Å². The third-order valence-electron chi connectivity index (χ3n) is 6.12.